The summed E-state index contributed by atoms with van der Waals surface area (Å²) in [6.45, 7) is 0.984. The molecule has 15 heavy (non-hydrogen) atoms. The highest BCUT2D eigenvalue weighted by Crippen LogP contribution is 1.93. The summed E-state index contributed by atoms with van der Waals surface area (Å²) in [6.07, 6.45) is 6.96. The lowest BCUT2D eigenvalue weighted by molar-refractivity contribution is -0.696. The Labute approximate surface area is 96.0 Å². The highest BCUT2D eigenvalue weighted by molar-refractivity contribution is 5.02. The molecule has 2 heterocycles. The third-order valence-corrected chi connectivity index (χ3v) is 2.13. The van der Waals surface area contributed by atoms with E-state index >= 15 is 0 Å². The van der Waals surface area contributed by atoms with Gasteiger partial charge in [0.15, 0.2) is 18.9 Å². The van der Waals surface area contributed by atoms with E-state index in [0.717, 1.165) is 18.7 Å². The van der Waals surface area contributed by atoms with Crippen molar-refractivity contribution in [3.05, 3.63) is 60.7 Å². The van der Waals surface area contributed by atoms with Crippen LogP contribution < -0.4 is 17.0 Å². The molecule has 0 spiro atoms. The Balaban J connectivity index is 0.00000112. The minimum absolute atomic E-state index is 0. The first-order valence-electron chi connectivity index (χ1n) is 4.79. The molecule has 0 aliphatic rings. The second kappa shape index (κ2) is 6.14. The number of rotatable bonds is 3. The number of nitrogens with zero attached hydrogens (tertiary/aromatic N) is 2. The van der Waals surface area contributed by atoms with Crippen molar-refractivity contribution < 1.29 is 17.0 Å². The summed E-state index contributed by atoms with van der Waals surface area (Å²) in [5, 5.41) is 0. The lowest BCUT2D eigenvalue weighted by Gasteiger charge is -1.96. The van der Waals surface area contributed by atoms with Crippen molar-refractivity contribution in [2.75, 3.05) is 0 Å². The van der Waals surface area contributed by atoms with Gasteiger partial charge in [0.25, 0.3) is 0 Å². The van der Waals surface area contributed by atoms with Crippen molar-refractivity contribution in [2.24, 2.45) is 0 Å². The molecule has 0 N–H and O–H groups in total. The zero-order chi connectivity index (χ0) is 9.64. The number of aromatic nitrogens is 2. The molecule has 3 heteroatoms. The van der Waals surface area contributed by atoms with Crippen molar-refractivity contribution in [1.82, 2.24) is 4.98 Å². The first-order chi connectivity index (χ1) is 6.95. The fourth-order valence-corrected chi connectivity index (χ4v) is 1.37. The topological polar surface area (TPSA) is 16.8 Å². The van der Waals surface area contributed by atoms with Gasteiger partial charge in [-0.15, -0.1) is 0 Å². The zero-order valence-corrected chi connectivity index (χ0v) is 9.14. The van der Waals surface area contributed by atoms with E-state index in [1.807, 2.05) is 36.5 Å². The van der Waals surface area contributed by atoms with Gasteiger partial charge in [-0.05, 0) is 12.1 Å². The second-order valence-corrected chi connectivity index (χ2v) is 3.18. The van der Waals surface area contributed by atoms with Crippen LogP contribution in [0.1, 0.15) is 5.69 Å². The van der Waals surface area contributed by atoms with Crippen LogP contribution in [0.15, 0.2) is 55.0 Å². The maximum absolute atomic E-state index is 4.28. The minimum atomic E-state index is 0. The molecule has 78 valence electrons. The first-order valence-corrected chi connectivity index (χ1v) is 4.79. The fraction of sp³-hybridized carbons (Fsp3) is 0.167. The SMILES string of the molecule is [Cl-].c1cc[n+](CCc2ccccn2)cc1. The maximum atomic E-state index is 4.28. The molecule has 2 aromatic rings. The zero-order valence-electron chi connectivity index (χ0n) is 8.38. The van der Waals surface area contributed by atoms with Crippen molar-refractivity contribution in [3.8, 4) is 0 Å². The minimum Gasteiger partial charge on any atom is -1.00 e. The van der Waals surface area contributed by atoms with Crippen molar-refractivity contribution in [2.45, 2.75) is 13.0 Å². The molecule has 0 saturated carbocycles. The lowest BCUT2D eigenvalue weighted by Crippen LogP contribution is -3.00. The molecule has 0 aliphatic carbocycles. The van der Waals surface area contributed by atoms with Gasteiger partial charge in [0, 0.05) is 30.4 Å². The molecule has 2 rings (SSSR count). The van der Waals surface area contributed by atoms with Crippen LogP contribution in [-0.2, 0) is 13.0 Å². The van der Waals surface area contributed by atoms with E-state index in [1.54, 1.807) is 0 Å². The molecular formula is C12H13ClN2. The van der Waals surface area contributed by atoms with Gasteiger partial charge in [-0.3, -0.25) is 4.98 Å². The largest absolute Gasteiger partial charge is 1.00 e. The third kappa shape index (κ3) is 3.68. The summed E-state index contributed by atoms with van der Waals surface area (Å²) in [4.78, 5) is 4.28. The Hall–Kier alpha value is -1.41. The van der Waals surface area contributed by atoms with Crippen molar-refractivity contribution in [1.29, 1.82) is 0 Å². The Morgan fingerprint density at radius 1 is 1.00 bits per heavy atom. The van der Waals surface area contributed by atoms with E-state index < -0.39 is 0 Å². The Bertz CT molecular complexity index is 336. The average molecular weight is 221 g/mol. The van der Waals surface area contributed by atoms with E-state index in [2.05, 4.69) is 28.0 Å². The Kier molecular flexibility index (Phi) is 4.78. The Morgan fingerprint density at radius 2 is 1.80 bits per heavy atom. The number of halogens is 1. The van der Waals surface area contributed by atoms with Crippen LogP contribution in [0.2, 0.25) is 0 Å². The molecule has 0 aliphatic heterocycles. The predicted molar refractivity (Wildman–Crippen MR) is 54.6 cm³/mol. The fourth-order valence-electron chi connectivity index (χ4n) is 1.37. The monoisotopic (exact) mass is 220 g/mol. The van der Waals surface area contributed by atoms with Crippen LogP contribution >= 0.6 is 0 Å². The maximum Gasteiger partial charge on any atom is 0.168 e. The molecule has 0 unspecified atom stereocenters. The van der Waals surface area contributed by atoms with Crippen LogP contribution in [0.4, 0.5) is 0 Å². The van der Waals surface area contributed by atoms with Crippen LogP contribution in [0.3, 0.4) is 0 Å². The standard InChI is InChI=1S/C12H13N2.ClH/c1-4-9-14(10-5-1)11-7-12-6-2-3-8-13-12;/h1-6,8-10H,7,11H2;1H/q+1;/p-1. The van der Waals surface area contributed by atoms with Crippen LogP contribution in [0, 0.1) is 0 Å². The van der Waals surface area contributed by atoms with Crippen LogP contribution in [0.25, 0.3) is 0 Å². The molecule has 2 aromatic heterocycles. The smallest absolute Gasteiger partial charge is 0.168 e. The van der Waals surface area contributed by atoms with Gasteiger partial charge in [-0.2, -0.15) is 0 Å². The normalized spacial score (nSPS) is 9.33. The third-order valence-electron chi connectivity index (χ3n) is 2.13. The molecule has 0 atom stereocenters. The molecule has 0 fully saturated rings. The van der Waals surface area contributed by atoms with E-state index in [-0.39, 0.29) is 12.4 Å². The van der Waals surface area contributed by atoms with E-state index in [1.165, 1.54) is 0 Å². The molecule has 0 amide bonds. The van der Waals surface area contributed by atoms with Gasteiger partial charge in [0.1, 0.15) is 0 Å². The quantitative estimate of drug-likeness (QED) is 0.583. The summed E-state index contributed by atoms with van der Waals surface area (Å²) in [7, 11) is 0. The number of pyridine rings is 2. The van der Waals surface area contributed by atoms with Gasteiger partial charge in [-0.25, -0.2) is 4.57 Å². The van der Waals surface area contributed by atoms with Crippen molar-refractivity contribution in [3.63, 3.8) is 0 Å². The Morgan fingerprint density at radius 3 is 2.47 bits per heavy atom. The van der Waals surface area contributed by atoms with Crippen molar-refractivity contribution >= 4 is 0 Å². The van der Waals surface area contributed by atoms with Gasteiger partial charge >= 0.3 is 0 Å². The average Bonchev–Trinajstić information content (AvgIpc) is 2.29. The van der Waals surface area contributed by atoms with Gasteiger partial charge in [0.05, 0.1) is 0 Å². The highest BCUT2D eigenvalue weighted by Gasteiger charge is 1.99. The first kappa shape index (κ1) is 11.7. The summed E-state index contributed by atoms with van der Waals surface area (Å²) in [5.41, 5.74) is 1.14. The molecule has 0 bridgehead atoms. The number of aryl methyl sites for hydroxylation is 2. The molecule has 0 radical (unpaired) electrons. The molecule has 0 aromatic carbocycles. The van der Waals surface area contributed by atoms with E-state index in [9.17, 15) is 0 Å². The van der Waals surface area contributed by atoms with Gasteiger partial charge < -0.3 is 12.4 Å². The molecular weight excluding hydrogens is 208 g/mol. The second-order valence-electron chi connectivity index (χ2n) is 3.18. The lowest BCUT2D eigenvalue weighted by atomic mass is 10.2. The number of hydrogen-bond donors (Lipinski definition) is 0. The van der Waals surface area contributed by atoms with E-state index in [4.69, 9.17) is 0 Å². The van der Waals surface area contributed by atoms with Gasteiger partial charge in [-0.1, -0.05) is 12.1 Å². The molecule has 0 saturated heterocycles. The van der Waals surface area contributed by atoms with E-state index in [0.29, 0.717) is 0 Å². The van der Waals surface area contributed by atoms with Crippen LogP contribution in [0.5, 0.6) is 0 Å². The van der Waals surface area contributed by atoms with Crippen LogP contribution in [-0.4, -0.2) is 4.98 Å². The summed E-state index contributed by atoms with van der Waals surface area (Å²) < 4.78 is 2.16. The molecule has 2 nitrogen and oxygen atoms in total. The van der Waals surface area contributed by atoms with Gasteiger partial charge in [0.2, 0.25) is 0 Å². The summed E-state index contributed by atoms with van der Waals surface area (Å²) in [6, 6.07) is 12.1. The summed E-state index contributed by atoms with van der Waals surface area (Å²) >= 11 is 0. The number of hydrogen-bond acceptors (Lipinski definition) is 1. The predicted octanol–water partition coefficient (Wildman–Crippen LogP) is -1.38. The highest BCUT2D eigenvalue weighted by atomic mass is 35.5. The summed E-state index contributed by atoms with van der Waals surface area (Å²) in [5.74, 6) is 0.